The molecule has 0 aromatic heterocycles. The van der Waals surface area contributed by atoms with E-state index in [-0.39, 0.29) is 0 Å². The van der Waals surface area contributed by atoms with Crippen LogP contribution < -0.4 is 4.74 Å². The summed E-state index contributed by atoms with van der Waals surface area (Å²) in [5.41, 5.74) is 0. The van der Waals surface area contributed by atoms with E-state index in [2.05, 4.69) is 11.9 Å². The first-order valence-electron chi connectivity index (χ1n) is 5.77. The molecule has 0 N–H and O–H groups in total. The van der Waals surface area contributed by atoms with Gasteiger partial charge in [-0.25, -0.2) is 0 Å². The van der Waals surface area contributed by atoms with Crippen molar-refractivity contribution in [3.63, 3.8) is 0 Å². The molecule has 0 aliphatic heterocycles. The molecule has 0 heterocycles. The largest absolute Gasteiger partial charge is 0.492 e. The lowest BCUT2D eigenvalue weighted by atomic mass is 10.3. The minimum atomic E-state index is 0.715. The molecule has 0 atom stereocenters. The van der Waals surface area contributed by atoms with Gasteiger partial charge in [-0.3, -0.25) is 0 Å². The minimum Gasteiger partial charge on any atom is -0.492 e. The van der Waals surface area contributed by atoms with Crippen molar-refractivity contribution in [1.82, 2.24) is 4.90 Å². The smallest absolute Gasteiger partial charge is 0.119 e. The summed E-state index contributed by atoms with van der Waals surface area (Å²) in [5.74, 6) is 0.931. The first-order chi connectivity index (χ1) is 7.83. The van der Waals surface area contributed by atoms with Gasteiger partial charge in [0.1, 0.15) is 12.4 Å². The third-order valence-corrected chi connectivity index (χ3v) is 2.31. The lowest BCUT2D eigenvalue weighted by Gasteiger charge is -2.16. The van der Waals surface area contributed by atoms with Gasteiger partial charge in [0.05, 0.1) is 6.61 Å². The van der Waals surface area contributed by atoms with Gasteiger partial charge in [0, 0.05) is 19.7 Å². The highest BCUT2D eigenvalue weighted by Crippen LogP contribution is 2.07. The Kier molecular flexibility index (Phi) is 6.61. The number of hydrogen-bond donors (Lipinski definition) is 0. The van der Waals surface area contributed by atoms with Crippen LogP contribution in [0.2, 0.25) is 0 Å². The van der Waals surface area contributed by atoms with Crippen LogP contribution in [-0.4, -0.2) is 44.9 Å². The molecule has 0 radical (unpaired) electrons. The predicted molar refractivity (Wildman–Crippen MR) is 65.9 cm³/mol. The molecule has 3 nitrogen and oxygen atoms in total. The zero-order chi connectivity index (χ0) is 11.6. The molecule has 0 amide bonds. The Morgan fingerprint density at radius 1 is 1.06 bits per heavy atom. The van der Waals surface area contributed by atoms with Crippen LogP contribution >= 0.6 is 0 Å². The number of benzene rings is 1. The SMILES string of the molecule is CCOCCN(C)CCOc1ccccc1. The van der Waals surface area contributed by atoms with Gasteiger partial charge >= 0.3 is 0 Å². The Morgan fingerprint density at radius 3 is 2.44 bits per heavy atom. The molecular weight excluding hydrogens is 202 g/mol. The van der Waals surface area contributed by atoms with E-state index in [0.717, 1.165) is 32.1 Å². The van der Waals surface area contributed by atoms with Crippen molar-refractivity contribution in [1.29, 1.82) is 0 Å². The van der Waals surface area contributed by atoms with E-state index in [1.807, 2.05) is 37.3 Å². The Labute approximate surface area is 98.0 Å². The molecule has 0 unspecified atom stereocenters. The van der Waals surface area contributed by atoms with E-state index >= 15 is 0 Å². The van der Waals surface area contributed by atoms with Crippen LogP contribution in [0.5, 0.6) is 5.75 Å². The van der Waals surface area contributed by atoms with E-state index in [1.54, 1.807) is 0 Å². The van der Waals surface area contributed by atoms with Gasteiger partial charge < -0.3 is 14.4 Å². The third kappa shape index (κ3) is 5.73. The van der Waals surface area contributed by atoms with Gasteiger partial charge in [-0.1, -0.05) is 18.2 Å². The van der Waals surface area contributed by atoms with Crippen LogP contribution in [0.25, 0.3) is 0 Å². The molecule has 1 aromatic rings. The molecule has 3 heteroatoms. The second kappa shape index (κ2) is 8.13. The van der Waals surface area contributed by atoms with Crippen molar-refractivity contribution >= 4 is 0 Å². The molecule has 0 saturated carbocycles. The number of ether oxygens (including phenoxy) is 2. The zero-order valence-corrected chi connectivity index (χ0v) is 10.2. The number of rotatable bonds is 8. The fourth-order valence-electron chi connectivity index (χ4n) is 1.31. The lowest BCUT2D eigenvalue weighted by molar-refractivity contribution is 0.116. The molecular formula is C13H21NO2. The fraction of sp³-hybridized carbons (Fsp3) is 0.538. The van der Waals surface area contributed by atoms with Crippen LogP contribution in [0.3, 0.4) is 0 Å². The summed E-state index contributed by atoms with van der Waals surface area (Å²) in [5, 5.41) is 0. The summed E-state index contributed by atoms with van der Waals surface area (Å²) >= 11 is 0. The van der Waals surface area contributed by atoms with Crippen molar-refractivity contribution in [2.75, 3.05) is 40.0 Å². The van der Waals surface area contributed by atoms with E-state index in [0.29, 0.717) is 6.61 Å². The molecule has 16 heavy (non-hydrogen) atoms. The number of nitrogens with zero attached hydrogens (tertiary/aromatic N) is 1. The first kappa shape index (κ1) is 13.0. The van der Waals surface area contributed by atoms with Gasteiger partial charge in [0.25, 0.3) is 0 Å². The fourth-order valence-corrected chi connectivity index (χ4v) is 1.31. The number of hydrogen-bond acceptors (Lipinski definition) is 3. The molecule has 0 bridgehead atoms. The highest BCUT2D eigenvalue weighted by atomic mass is 16.5. The Hall–Kier alpha value is -1.06. The van der Waals surface area contributed by atoms with E-state index < -0.39 is 0 Å². The first-order valence-corrected chi connectivity index (χ1v) is 5.77. The standard InChI is InChI=1S/C13H21NO2/c1-3-15-11-9-14(2)10-12-16-13-7-5-4-6-8-13/h4-8H,3,9-12H2,1-2H3. The lowest BCUT2D eigenvalue weighted by Crippen LogP contribution is -2.27. The molecule has 0 saturated heterocycles. The van der Waals surface area contributed by atoms with Gasteiger partial charge in [0.15, 0.2) is 0 Å². The molecule has 0 fully saturated rings. The second-order valence-corrected chi connectivity index (χ2v) is 3.66. The van der Waals surface area contributed by atoms with Crippen molar-refractivity contribution in [3.8, 4) is 5.75 Å². The van der Waals surface area contributed by atoms with Crippen LogP contribution in [0.1, 0.15) is 6.92 Å². The molecule has 90 valence electrons. The predicted octanol–water partition coefficient (Wildman–Crippen LogP) is 2.03. The quantitative estimate of drug-likeness (QED) is 0.629. The summed E-state index contributed by atoms with van der Waals surface area (Å²) < 4.78 is 10.9. The summed E-state index contributed by atoms with van der Waals surface area (Å²) in [6, 6.07) is 9.89. The monoisotopic (exact) mass is 223 g/mol. The third-order valence-electron chi connectivity index (χ3n) is 2.31. The van der Waals surface area contributed by atoms with Gasteiger partial charge in [-0.15, -0.1) is 0 Å². The van der Waals surface area contributed by atoms with Crippen molar-refractivity contribution in [2.45, 2.75) is 6.92 Å². The van der Waals surface area contributed by atoms with E-state index in [4.69, 9.17) is 9.47 Å². The molecule has 1 rings (SSSR count). The number of para-hydroxylation sites is 1. The van der Waals surface area contributed by atoms with Crippen molar-refractivity contribution in [3.05, 3.63) is 30.3 Å². The molecule has 0 spiro atoms. The Morgan fingerprint density at radius 2 is 1.75 bits per heavy atom. The van der Waals surface area contributed by atoms with E-state index in [1.165, 1.54) is 0 Å². The second-order valence-electron chi connectivity index (χ2n) is 3.66. The highest BCUT2D eigenvalue weighted by molar-refractivity contribution is 5.20. The van der Waals surface area contributed by atoms with Crippen LogP contribution in [-0.2, 0) is 4.74 Å². The molecule has 0 aliphatic rings. The normalized spacial score (nSPS) is 10.7. The topological polar surface area (TPSA) is 21.7 Å². The van der Waals surface area contributed by atoms with E-state index in [9.17, 15) is 0 Å². The minimum absolute atomic E-state index is 0.715. The molecule has 1 aromatic carbocycles. The summed E-state index contributed by atoms with van der Waals surface area (Å²) in [6.45, 7) is 6.17. The summed E-state index contributed by atoms with van der Waals surface area (Å²) in [6.07, 6.45) is 0. The Bertz CT molecular complexity index is 264. The van der Waals surface area contributed by atoms with Crippen molar-refractivity contribution in [2.24, 2.45) is 0 Å². The highest BCUT2D eigenvalue weighted by Gasteiger charge is 1.98. The van der Waals surface area contributed by atoms with Crippen LogP contribution in [0, 0.1) is 0 Å². The van der Waals surface area contributed by atoms with Crippen LogP contribution in [0.4, 0.5) is 0 Å². The van der Waals surface area contributed by atoms with Gasteiger partial charge in [-0.2, -0.15) is 0 Å². The maximum atomic E-state index is 5.60. The molecule has 0 aliphatic carbocycles. The average molecular weight is 223 g/mol. The summed E-state index contributed by atoms with van der Waals surface area (Å²) in [4.78, 5) is 2.21. The maximum absolute atomic E-state index is 5.60. The van der Waals surface area contributed by atoms with Crippen LogP contribution in [0.15, 0.2) is 30.3 Å². The Balaban J connectivity index is 2.06. The van der Waals surface area contributed by atoms with Gasteiger partial charge in [0.2, 0.25) is 0 Å². The summed E-state index contributed by atoms with van der Waals surface area (Å²) in [7, 11) is 2.08. The van der Waals surface area contributed by atoms with Crippen molar-refractivity contribution < 1.29 is 9.47 Å². The van der Waals surface area contributed by atoms with Gasteiger partial charge in [-0.05, 0) is 26.1 Å². The average Bonchev–Trinajstić information content (AvgIpc) is 2.31. The number of likely N-dealkylation sites (N-methyl/N-ethyl adjacent to an activating group) is 1. The maximum Gasteiger partial charge on any atom is 0.119 e. The zero-order valence-electron chi connectivity index (χ0n) is 10.2.